The third-order valence-electron chi connectivity index (χ3n) is 5.35. The number of rotatable bonds is 4. The van der Waals surface area contributed by atoms with E-state index in [1.54, 1.807) is 0 Å². The first kappa shape index (κ1) is 12.5. The number of carbonyl (C=O) groups excluding carboxylic acids is 1. The number of thioether (sulfide) groups is 1. The van der Waals surface area contributed by atoms with Gasteiger partial charge in [-0.25, -0.2) is 0 Å². The van der Waals surface area contributed by atoms with E-state index in [0.717, 1.165) is 11.8 Å². The van der Waals surface area contributed by atoms with Crippen LogP contribution in [-0.4, -0.2) is 16.8 Å². The van der Waals surface area contributed by atoms with Crippen molar-refractivity contribution < 1.29 is 4.79 Å². The van der Waals surface area contributed by atoms with Crippen LogP contribution in [0.15, 0.2) is 0 Å². The van der Waals surface area contributed by atoms with Crippen LogP contribution in [0.1, 0.15) is 39.0 Å². The second kappa shape index (κ2) is 4.89. The summed E-state index contributed by atoms with van der Waals surface area (Å²) in [6.45, 7) is 2.00. The molecule has 0 aromatic rings. The predicted octanol–water partition coefficient (Wildman–Crippen LogP) is 3.27. The average molecular weight is 263 g/mol. The van der Waals surface area contributed by atoms with Gasteiger partial charge in [0.15, 0.2) is 0 Å². The van der Waals surface area contributed by atoms with Crippen molar-refractivity contribution in [2.24, 2.45) is 29.6 Å². The highest BCUT2D eigenvalue weighted by molar-refractivity contribution is 8.00. The first-order chi connectivity index (χ1) is 8.69. The van der Waals surface area contributed by atoms with Gasteiger partial charge in [0.05, 0.1) is 17.1 Å². The molecule has 0 saturated heterocycles. The Morgan fingerprint density at radius 3 is 2.28 bits per heavy atom. The average Bonchev–Trinajstić information content (AvgIpc) is 2.34. The fraction of sp³-hybridized carbons (Fsp3) is 0.867. The molecule has 4 aliphatic carbocycles. The second-order valence-electron chi connectivity index (χ2n) is 6.47. The maximum Gasteiger partial charge on any atom is 0.149 e. The minimum atomic E-state index is 0.0205. The standard InChI is InChI=1S/C15H21NOS/c1-9(18-3-2-16)15(17)14-12-5-10-4-11(7-12)8-13(14)6-10/h9-14H,3-8H2,1H3. The summed E-state index contributed by atoms with van der Waals surface area (Å²) in [6, 6.07) is 2.13. The van der Waals surface area contributed by atoms with E-state index in [1.807, 2.05) is 6.92 Å². The molecule has 3 heteroatoms. The highest BCUT2D eigenvalue weighted by Crippen LogP contribution is 2.57. The van der Waals surface area contributed by atoms with Gasteiger partial charge in [-0.3, -0.25) is 4.79 Å². The Labute approximate surface area is 114 Å². The maximum atomic E-state index is 12.6. The van der Waals surface area contributed by atoms with Gasteiger partial charge in [0.1, 0.15) is 5.78 Å². The van der Waals surface area contributed by atoms with Gasteiger partial charge in [-0.1, -0.05) is 0 Å². The van der Waals surface area contributed by atoms with Gasteiger partial charge in [-0.15, -0.1) is 11.8 Å². The van der Waals surface area contributed by atoms with Crippen LogP contribution in [0.5, 0.6) is 0 Å². The van der Waals surface area contributed by atoms with Gasteiger partial charge in [-0.2, -0.15) is 5.26 Å². The summed E-state index contributed by atoms with van der Waals surface area (Å²) in [6.07, 6.45) is 6.66. The van der Waals surface area contributed by atoms with Gasteiger partial charge in [-0.05, 0) is 62.7 Å². The molecule has 0 N–H and O–H groups in total. The van der Waals surface area contributed by atoms with Crippen molar-refractivity contribution in [3.63, 3.8) is 0 Å². The van der Waals surface area contributed by atoms with Gasteiger partial charge in [0.25, 0.3) is 0 Å². The molecule has 0 aliphatic heterocycles. The molecule has 0 heterocycles. The number of nitriles is 1. The van der Waals surface area contributed by atoms with Crippen LogP contribution >= 0.6 is 11.8 Å². The Morgan fingerprint density at radius 2 is 1.78 bits per heavy atom. The van der Waals surface area contributed by atoms with Gasteiger partial charge < -0.3 is 0 Å². The molecule has 98 valence electrons. The van der Waals surface area contributed by atoms with E-state index in [2.05, 4.69) is 6.07 Å². The Balaban J connectivity index is 1.69. The molecule has 2 nitrogen and oxygen atoms in total. The molecule has 1 atom stereocenters. The largest absolute Gasteiger partial charge is 0.298 e. The van der Waals surface area contributed by atoms with Crippen molar-refractivity contribution in [2.45, 2.75) is 44.3 Å². The SMILES string of the molecule is CC(SCC#N)C(=O)C1C2CC3CC(C2)CC1C3. The molecular weight excluding hydrogens is 242 g/mol. The van der Waals surface area contributed by atoms with Crippen LogP contribution < -0.4 is 0 Å². The minimum absolute atomic E-state index is 0.0205. The van der Waals surface area contributed by atoms with Crippen molar-refractivity contribution in [1.29, 1.82) is 5.26 Å². The van der Waals surface area contributed by atoms with Crippen molar-refractivity contribution in [1.82, 2.24) is 0 Å². The lowest BCUT2D eigenvalue weighted by Crippen LogP contribution is -2.49. The third-order valence-corrected chi connectivity index (χ3v) is 6.38. The number of carbonyl (C=O) groups is 1. The number of hydrogen-bond donors (Lipinski definition) is 0. The Bertz CT molecular complexity index is 358. The lowest BCUT2D eigenvalue weighted by atomic mass is 9.51. The first-order valence-corrected chi connectivity index (χ1v) is 8.26. The van der Waals surface area contributed by atoms with Crippen molar-refractivity contribution in [2.75, 3.05) is 5.75 Å². The molecule has 4 bridgehead atoms. The van der Waals surface area contributed by atoms with Crippen LogP contribution in [-0.2, 0) is 4.79 Å². The molecule has 18 heavy (non-hydrogen) atoms. The quantitative estimate of drug-likeness (QED) is 0.781. The van der Waals surface area contributed by atoms with Crippen LogP contribution in [0, 0.1) is 40.9 Å². The van der Waals surface area contributed by atoms with Gasteiger partial charge in [0.2, 0.25) is 0 Å². The van der Waals surface area contributed by atoms with Gasteiger partial charge >= 0.3 is 0 Å². The molecule has 1 unspecified atom stereocenters. The van der Waals surface area contributed by atoms with E-state index in [1.165, 1.54) is 43.9 Å². The zero-order valence-corrected chi connectivity index (χ0v) is 11.8. The fourth-order valence-electron chi connectivity index (χ4n) is 4.91. The molecule has 0 spiro atoms. The maximum absolute atomic E-state index is 12.6. The summed E-state index contributed by atoms with van der Waals surface area (Å²) in [5.74, 6) is 4.44. The zero-order valence-electron chi connectivity index (χ0n) is 11.0. The normalized spacial score (nSPS) is 42.6. The minimum Gasteiger partial charge on any atom is -0.298 e. The summed E-state index contributed by atoms with van der Waals surface area (Å²) in [5.41, 5.74) is 0. The highest BCUT2D eigenvalue weighted by atomic mass is 32.2. The van der Waals surface area contributed by atoms with E-state index in [9.17, 15) is 4.79 Å². The second-order valence-corrected chi connectivity index (χ2v) is 7.80. The predicted molar refractivity (Wildman–Crippen MR) is 73.1 cm³/mol. The molecule has 0 aromatic heterocycles. The van der Waals surface area contributed by atoms with Gasteiger partial charge in [0, 0.05) is 5.92 Å². The molecule has 4 saturated carbocycles. The Hall–Kier alpha value is -0.490. The monoisotopic (exact) mass is 263 g/mol. The molecule has 0 amide bonds. The number of Topliss-reactive ketones (excluding diaryl/α,β-unsaturated/α-hetero) is 1. The summed E-state index contributed by atoms with van der Waals surface area (Å²) in [4.78, 5) is 12.6. The summed E-state index contributed by atoms with van der Waals surface area (Å²) in [7, 11) is 0. The fourth-order valence-corrected chi connectivity index (χ4v) is 5.55. The number of nitrogens with zero attached hydrogens (tertiary/aromatic N) is 1. The zero-order chi connectivity index (χ0) is 12.7. The third kappa shape index (κ3) is 2.09. The van der Waals surface area contributed by atoms with Crippen molar-refractivity contribution in [3.05, 3.63) is 0 Å². The molecule has 0 radical (unpaired) electrons. The van der Waals surface area contributed by atoms with E-state index in [0.29, 0.717) is 29.3 Å². The molecular formula is C15H21NOS. The lowest BCUT2D eigenvalue weighted by molar-refractivity contribution is -0.135. The van der Waals surface area contributed by atoms with E-state index < -0.39 is 0 Å². The first-order valence-electron chi connectivity index (χ1n) is 7.21. The summed E-state index contributed by atoms with van der Waals surface area (Å²) < 4.78 is 0. The van der Waals surface area contributed by atoms with Crippen LogP contribution in [0.2, 0.25) is 0 Å². The van der Waals surface area contributed by atoms with E-state index in [-0.39, 0.29) is 5.25 Å². The van der Waals surface area contributed by atoms with E-state index in [4.69, 9.17) is 5.26 Å². The lowest BCUT2D eigenvalue weighted by Gasteiger charge is -2.54. The molecule has 0 aromatic carbocycles. The Kier molecular flexibility index (Phi) is 3.40. The van der Waals surface area contributed by atoms with Crippen molar-refractivity contribution >= 4 is 17.5 Å². The summed E-state index contributed by atoms with van der Waals surface area (Å²) >= 11 is 1.52. The van der Waals surface area contributed by atoms with E-state index >= 15 is 0 Å². The van der Waals surface area contributed by atoms with Crippen LogP contribution in [0.25, 0.3) is 0 Å². The highest BCUT2D eigenvalue weighted by Gasteiger charge is 2.51. The molecule has 4 fully saturated rings. The Morgan fingerprint density at radius 1 is 1.22 bits per heavy atom. The number of hydrogen-bond acceptors (Lipinski definition) is 3. The summed E-state index contributed by atoms with van der Waals surface area (Å²) in [5, 5.41) is 8.65. The number of ketones is 1. The van der Waals surface area contributed by atoms with Crippen molar-refractivity contribution in [3.8, 4) is 6.07 Å². The molecule has 4 rings (SSSR count). The topological polar surface area (TPSA) is 40.9 Å². The van der Waals surface area contributed by atoms with Crippen LogP contribution in [0.4, 0.5) is 0 Å². The van der Waals surface area contributed by atoms with Crippen LogP contribution in [0.3, 0.4) is 0 Å². The smallest absolute Gasteiger partial charge is 0.149 e. The molecule has 4 aliphatic rings.